The molecule has 40 heavy (non-hydrogen) atoms. The van der Waals surface area contributed by atoms with Crippen LogP contribution in [0.15, 0.2) is 0 Å². The van der Waals surface area contributed by atoms with Crippen molar-refractivity contribution >= 4 is 0 Å². The third-order valence-corrected chi connectivity index (χ3v) is 8.57. The lowest BCUT2D eigenvalue weighted by molar-refractivity contribution is -0.174. The number of rotatable bonds is 35. The fourth-order valence-electron chi connectivity index (χ4n) is 5.68. The highest BCUT2D eigenvalue weighted by molar-refractivity contribution is 4.55. The Balaban J connectivity index is 3.56. The summed E-state index contributed by atoms with van der Waals surface area (Å²) in [4.78, 5) is 0. The lowest BCUT2D eigenvalue weighted by Gasteiger charge is -2.22. The highest BCUT2D eigenvalue weighted by atomic mass is 16.7. The molecule has 2 atom stereocenters. The van der Waals surface area contributed by atoms with Crippen molar-refractivity contribution in [3.8, 4) is 0 Å². The highest BCUT2D eigenvalue weighted by Gasteiger charge is 2.13. The Kier molecular flexibility index (Phi) is 35.0. The van der Waals surface area contributed by atoms with E-state index in [1.165, 1.54) is 180 Å². The molecule has 2 unspecified atom stereocenters. The lowest BCUT2D eigenvalue weighted by atomic mass is 10.0. The molecule has 0 aliphatic rings. The molecule has 0 saturated heterocycles. The predicted molar refractivity (Wildman–Crippen MR) is 179 cm³/mol. The Bertz CT molecular complexity index is 444. The van der Waals surface area contributed by atoms with E-state index in [1.807, 2.05) is 0 Å². The van der Waals surface area contributed by atoms with Crippen LogP contribution in [0.2, 0.25) is 0 Å². The Morgan fingerprint density at radius 1 is 0.400 bits per heavy atom. The second-order valence-electron chi connectivity index (χ2n) is 12.7. The molecule has 0 aromatic rings. The molecule has 2 N–H and O–H groups in total. The van der Waals surface area contributed by atoms with Gasteiger partial charge in [-0.05, 0) is 25.7 Å². The van der Waals surface area contributed by atoms with Gasteiger partial charge in [0.1, 0.15) is 6.23 Å². The van der Waals surface area contributed by atoms with Crippen LogP contribution in [0, 0.1) is 0 Å². The number of nitrogens with two attached hydrogens (primary N) is 1. The molecule has 0 aliphatic heterocycles. The average Bonchev–Trinajstić information content (AvgIpc) is 2.96. The second kappa shape index (κ2) is 35.1. The molecule has 0 spiro atoms. The maximum atomic E-state index is 6.14. The van der Waals surface area contributed by atoms with Gasteiger partial charge in [0, 0.05) is 6.61 Å². The van der Waals surface area contributed by atoms with Gasteiger partial charge in [0.05, 0.1) is 0 Å². The molecule has 0 amide bonds. The summed E-state index contributed by atoms with van der Waals surface area (Å²) in [5, 5.41) is 0. The van der Waals surface area contributed by atoms with Gasteiger partial charge in [0.2, 0.25) is 0 Å². The zero-order valence-electron chi connectivity index (χ0n) is 28.2. The van der Waals surface area contributed by atoms with E-state index >= 15 is 0 Å². The summed E-state index contributed by atoms with van der Waals surface area (Å²) in [6, 6.07) is 0. The molecule has 242 valence electrons. The number of hydrogen-bond acceptors (Lipinski definition) is 3. The van der Waals surface area contributed by atoms with Crippen LogP contribution in [0.3, 0.4) is 0 Å². The van der Waals surface area contributed by atoms with Crippen LogP contribution in [0.4, 0.5) is 0 Å². The Hall–Kier alpha value is -0.120. The van der Waals surface area contributed by atoms with E-state index in [1.54, 1.807) is 0 Å². The lowest BCUT2D eigenvalue weighted by Crippen LogP contribution is -2.31. The molecule has 0 aromatic heterocycles. The monoisotopic (exact) mass is 568 g/mol. The minimum Gasteiger partial charge on any atom is -0.353 e. The summed E-state index contributed by atoms with van der Waals surface area (Å²) in [6.45, 7) is 7.50. The average molecular weight is 568 g/mol. The van der Waals surface area contributed by atoms with Crippen molar-refractivity contribution in [1.29, 1.82) is 0 Å². The largest absolute Gasteiger partial charge is 0.353 e. The van der Waals surface area contributed by atoms with Gasteiger partial charge in [-0.2, -0.15) is 0 Å². The van der Waals surface area contributed by atoms with E-state index in [0.29, 0.717) is 0 Å². The molecule has 0 heterocycles. The van der Waals surface area contributed by atoms with Crippen LogP contribution >= 0.6 is 0 Å². The first-order valence-corrected chi connectivity index (χ1v) is 18.8. The first-order valence-electron chi connectivity index (χ1n) is 18.8. The Labute approximate surface area is 253 Å². The third-order valence-electron chi connectivity index (χ3n) is 8.57. The van der Waals surface area contributed by atoms with Crippen LogP contribution in [-0.2, 0) is 9.47 Å². The van der Waals surface area contributed by atoms with Crippen molar-refractivity contribution in [3.63, 3.8) is 0 Å². The van der Waals surface area contributed by atoms with Crippen molar-refractivity contribution in [2.24, 2.45) is 5.73 Å². The van der Waals surface area contributed by atoms with Gasteiger partial charge in [-0.15, -0.1) is 0 Å². The van der Waals surface area contributed by atoms with Crippen LogP contribution in [0.5, 0.6) is 0 Å². The van der Waals surface area contributed by atoms with Crippen molar-refractivity contribution in [3.05, 3.63) is 0 Å². The summed E-state index contributed by atoms with van der Waals surface area (Å²) >= 11 is 0. The van der Waals surface area contributed by atoms with Crippen LogP contribution in [0.1, 0.15) is 220 Å². The van der Waals surface area contributed by atoms with Gasteiger partial charge in [0.15, 0.2) is 6.29 Å². The fourth-order valence-corrected chi connectivity index (χ4v) is 5.68. The van der Waals surface area contributed by atoms with Crippen LogP contribution in [0.25, 0.3) is 0 Å². The van der Waals surface area contributed by atoms with Gasteiger partial charge in [0.25, 0.3) is 0 Å². The van der Waals surface area contributed by atoms with Crippen molar-refractivity contribution in [1.82, 2.24) is 0 Å². The third kappa shape index (κ3) is 32.4. The molecule has 3 heteroatoms. The molecule has 0 bridgehead atoms. The summed E-state index contributed by atoms with van der Waals surface area (Å²) in [6.07, 6.45) is 42.0. The van der Waals surface area contributed by atoms with Gasteiger partial charge in [-0.3, -0.25) is 0 Å². The standard InChI is InChI=1S/C37H77NO2/c1-4-7-9-11-13-15-17-19-20-21-23-25-27-29-31-33-35-39-37(40-36(38)6-3)34-32-30-28-26-24-22-18-16-14-12-10-8-5-2/h36-37H,4-35,38H2,1-3H3. The van der Waals surface area contributed by atoms with E-state index in [0.717, 1.165) is 25.9 Å². The van der Waals surface area contributed by atoms with Crippen molar-refractivity contribution in [2.75, 3.05) is 6.61 Å². The number of ether oxygens (including phenoxy) is 2. The number of hydrogen-bond donors (Lipinski definition) is 1. The van der Waals surface area contributed by atoms with E-state index in [2.05, 4.69) is 20.8 Å². The molecule has 0 aliphatic carbocycles. The molecular formula is C37H77NO2. The first-order chi connectivity index (χ1) is 19.7. The smallest absolute Gasteiger partial charge is 0.159 e. The fraction of sp³-hybridized carbons (Fsp3) is 1.00. The number of unbranched alkanes of at least 4 members (excludes halogenated alkanes) is 27. The zero-order valence-corrected chi connectivity index (χ0v) is 28.2. The van der Waals surface area contributed by atoms with Gasteiger partial charge in [-0.25, -0.2) is 0 Å². The van der Waals surface area contributed by atoms with Gasteiger partial charge >= 0.3 is 0 Å². The summed E-state index contributed by atoms with van der Waals surface area (Å²) < 4.78 is 12.1. The SMILES string of the molecule is CCCCCCCCCCCCCCCCCCOC(CCCCCCCCCCCCCCC)OC(N)CC. The van der Waals surface area contributed by atoms with Gasteiger partial charge in [-0.1, -0.05) is 194 Å². The van der Waals surface area contributed by atoms with Crippen molar-refractivity contribution in [2.45, 2.75) is 232 Å². The molecule has 0 rings (SSSR count). The molecule has 0 radical (unpaired) electrons. The minimum absolute atomic E-state index is 0.112. The molecule has 0 fully saturated rings. The zero-order chi connectivity index (χ0) is 29.2. The molecular weight excluding hydrogens is 490 g/mol. The van der Waals surface area contributed by atoms with Crippen LogP contribution in [-0.4, -0.2) is 19.1 Å². The second-order valence-corrected chi connectivity index (χ2v) is 12.7. The van der Waals surface area contributed by atoms with E-state index < -0.39 is 0 Å². The van der Waals surface area contributed by atoms with E-state index in [-0.39, 0.29) is 12.5 Å². The van der Waals surface area contributed by atoms with Crippen LogP contribution < -0.4 is 5.73 Å². The summed E-state index contributed by atoms with van der Waals surface area (Å²) in [5.41, 5.74) is 6.08. The maximum Gasteiger partial charge on any atom is 0.159 e. The van der Waals surface area contributed by atoms with Gasteiger partial charge < -0.3 is 15.2 Å². The summed E-state index contributed by atoms with van der Waals surface area (Å²) in [5.74, 6) is 0. The molecule has 3 nitrogen and oxygen atoms in total. The Morgan fingerprint density at radius 3 is 1.02 bits per heavy atom. The maximum absolute atomic E-state index is 6.14. The normalized spacial score (nSPS) is 13.2. The predicted octanol–water partition coefficient (Wildman–Crippen LogP) is 12.8. The van der Waals surface area contributed by atoms with E-state index in [9.17, 15) is 0 Å². The topological polar surface area (TPSA) is 44.5 Å². The quantitative estimate of drug-likeness (QED) is 0.0611. The minimum atomic E-state index is -0.197. The first kappa shape index (κ1) is 39.9. The Morgan fingerprint density at radius 2 is 0.700 bits per heavy atom. The molecule has 0 aromatic carbocycles. The molecule has 0 saturated carbocycles. The van der Waals surface area contributed by atoms with E-state index in [4.69, 9.17) is 15.2 Å². The van der Waals surface area contributed by atoms with Crippen molar-refractivity contribution < 1.29 is 9.47 Å². The summed E-state index contributed by atoms with van der Waals surface area (Å²) in [7, 11) is 0. The highest BCUT2D eigenvalue weighted by Crippen LogP contribution is 2.17.